The summed E-state index contributed by atoms with van der Waals surface area (Å²) in [7, 11) is 0. The third kappa shape index (κ3) is 2.71. The largest absolute Gasteiger partial charge is 0.481 e. The predicted molar refractivity (Wildman–Crippen MR) is 85.6 cm³/mol. The molecule has 4 nitrogen and oxygen atoms in total. The van der Waals surface area contributed by atoms with Crippen LogP contribution in [0.4, 0.5) is 5.69 Å². The van der Waals surface area contributed by atoms with E-state index < -0.39 is 16.9 Å². The Hall–Kier alpha value is -2.10. The van der Waals surface area contributed by atoms with Crippen molar-refractivity contribution in [3.8, 4) is 0 Å². The molecule has 0 saturated heterocycles. The minimum absolute atomic E-state index is 0.616. The lowest BCUT2D eigenvalue weighted by Crippen LogP contribution is -2.50. The molecule has 0 aliphatic carbocycles. The van der Waals surface area contributed by atoms with Gasteiger partial charge in [-0.05, 0) is 46.8 Å². The number of carboxylic acids is 1. The van der Waals surface area contributed by atoms with Gasteiger partial charge in [-0.25, -0.2) is 0 Å². The van der Waals surface area contributed by atoms with Crippen molar-refractivity contribution in [3.63, 3.8) is 0 Å². The molecule has 0 unspecified atom stereocenters. The van der Waals surface area contributed by atoms with Gasteiger partial charge in [0.2, 0.25) is 0 Å². The number of nitrogens with zero attached hydrogens (tertiary/aromatic N) is 1. The number of fused-ring (bicyclic) bond motifs is 1. The highest BCUT2D eigenvalue weighted by Crippen LogP contribution is 2.36. The lowest BCUT2D eigenvalue weighted by molar-refractivity contribution is -0.149. The molecule has 0 radical (unpaired) electrons. The van der Waals surface area contributed by atoms with E-state index in [-0.39, 0.29) is 0 Å². The topological polar surface area (TPSA) is 62.2 Å². The first-order valence-electron chi connectivity index (χ1n) is 7.03. The van der Waals surface area contributed by atoms with Gasteiger partial charge in [0.25, 0.3) is 0 Å². The molecule has 4 heteroatoms. The Morgan fingerprint density at radius 2 is 1.81 bits per heavy atom. The van der Waals surface area contributed by atoms with Crippen LogP contribution in [0.5, 0.6) is 0 Å². The highest BCUT2D eigenvalue weighted by molar-refractivity contribution is 5.92. The van der Waals surface area contributed by atoms with Crippen LogP contribution in [0.3, 0.4) is 0 Å². The van der Waals surface area contributed by atoms with E-state index in [1.54, 1.807) is 13.8 Å². The summed E-state index contributed by atoms with van der Waals surface area (Å²) in [4.78, 5) is 16.0. The van der Waals surface area contributed by atoms with E-state index >= 15 is 0 Å². The number of carbonyl (C=O) groups is 1. The summed E-state index contributed by atoms with van der Waals surface area (Å²) < 4.78 is 0. The van der Waals surface area contributed by atoms with Crippen molar-refractivity contribution in [2.75, 3.05) is 5.32 Å². The Bertz CT molecular complexity index is 690. The van der Waals surface area contributed by atoms with Gasteiger partial charge in [-0.1, -0.05) is 18.2 Å². The molecular formula is C17H22N2O2. The molecular weight excluding hydrogens is 264 g/mol. The van der Waals surface area contributed by atoms with Gasteiger partial charge in [0, 0.05) is 22.3 Å². The Morgan fingerprint density at radius 1 is 1.19 bits per heavy atom. The van der Waals surface area contributed by atoms with Crippen LogP contribution < -0.4 is 5.32 Å². The summed E-state index contributed by atoms with van der Waals surface area (Å²) in [6.07, 6.45) is 0. The SMILES string of the molecule is Cc1cc(NC(C)(C)C(C)(C)C(=O)O)c2ccccc2n1. The van der Waals surface area contributed by atoms with Gasteiger partial charge in [0.15, 0.2) is 0 Å². The minimum atomic E-state index is -0.911. The highest BCUT2D eigenvalue weighted by Gasteiger charge is 2.43. The fourth-order valence-electron chi connectivity index (χ4n) is 2.17. The molecule has 0 saturated carbocycles. The number of benzene rings is 1. The number of nitrogens with one attached hydrogen (secondary N) is 1. The smallest absolute Gasteiger partial charge is 0.311 e. The average Bonchev–Trinajstić information content (AvgIpc) is 2.37. The quantitative estimate of drug-likeness (QED) is 0.896. The monoisotopic (exact) mass is 286 g/mol. The number of aryl methyl sites for hydroxylation is 1. The Morgan fingerprint density at radius 3 is 2.43 bits per heavy atom. The predicted octanol–water partition coefficient (Wildman–Crippen LogP) is 3.84. The third-order valence-corrected chi connectivity index (χ3v) is 4.39. The van der Waals surface area contributed by atoms with Crippen LogP contribution in [-0.2, 0) is 4.79 Å². The van der Waals surface area contributed by atoms with Crippen molar-refractivity contribution in [1.29, 1.82) is 0 Å². The molecule has 2 rings (SSSR count). The van der Waals surface area contributed by atoms with Crippen molar-refractivity contribution in [2.45, 2.75) is 40.2 Å². The number of anilines is 1. The van der Waals surface area contributed by atoms with Gasteiger partial charge in [0.1, 0.15) is 0 Å². The molecule has 0 aliphatic rings. The first-order valence-corrected chi connectivity index (χ1v) is 7.03. The number of aromatic nitrogens is 1. The van der Waals surface area contributed by atoms with Crippen LogP contribution in [0.1, 0.15) is 33.4 Å². The maximum Gasteiger partial charge on any atom is 0.311 e. The maximum atomic E-state index is 11.5. The number of aliphatic carboxylic acids is 1. The molecule has 0 fully saturated rings. The number of hydrogen-bond acceptors (Lipinski definition) is 3. The zero-order chi connectivity index (χ0) is 15.8. The van der Waals surface area contributed by atoms with Crippen molar-refractivity contribution < 1.29 is 9.90 Å². The van der Waals surface area contributed by atoms with E-state index in [0.29, 0.717) is 0 Å². The van der Waals surface area contributed by atoms with Crippen LogP contribution >= 0.6 is 0 Å². The van der Waals surface area contributed by atoms with Crippen molar-refractivity contribution in [2.24, 2.45) is 5.41 Å². The van der Waals surface area contributed by atoms with Crippen LogP contribution in [0.25, 0.3) is 10.9 Å². The van der Waals surface area contributed by atoms with E-state index in [4.69, 9.17) is 0 Å². The molecule has 112 valence electrons. The molecule has 0 bridgehead atoms. The van der Waals surface area contributed by atoms with Gasteiger partial charge < -0.3 is 10.4 Å². The molecule has 1 aromatic heterocycles. The van der Waals surface area contributed by atoms with E-state index in [0.717, 1.165) is 22.3 Å². The molecule has 0 spiro atoms. The van der Waals surface area contributed by atoms with Gasteiger partial charge in [-0.3, -0.25) is 9.78 Å². The molecule has 2 aromatic rings. The third-order valence-electron chi connectivity index (χ3n) is 4.39. The number of para-hydroxylation sites is 1. The second-order valence-corrected chi connectivity index (χ2v) is 6.51. The van der Waals surface area contributed by atoms with E-state index in [1.807, 2.05) is 51.1 Å². The molecule has 21 heavy (non-hydrogen) atoms. The lowest BCUT2D eigenvalue weighted by Gasteiger charge is -2.40. The highest BCUT2D eigenvalue weighted by atomic mass is 16.4. The average molecular weight is 286 g/mol. The molecule has 0 atom stereocenters. The Kier molecular flexibility index (Phi) is 3.66. The maximum absolute atomic E-state index is 11.5. The summed E-state index contributed by atoms with van der Waals surface area (Å²) in [6, 6.07) is 9.82. The molecule has 2 N–H and O–H groups in total. The number of hydrogen-bond donors (Lipinski definition) is 2. The van der Waals surface area contributed by atoms with Gasteiger partial charge in [0.05, 0.1) is 10.9 Å². The Balaban J connectivity index is 2.51. The van der Waals surface area contributed by atoms with Gasteiger partial charge in [-0.2, -0.15) is 0 Å². The van der Waals surface area contributed by atoms with Crippen molar-refractivity contribution in [3.05, 3.63) is 36.0 Å². The Labute approximate surface area is 125 Å². The second kappa shape index (κ2) is 5.02. The fraction of sp³-hybridized carbons (Fsp3) is 0.412. The first kappa shape index (κ1) is 15.3. The normalized spacial score (nSPS) is 12.4. The second-order valence-electron chi connectivity index (χ2n) is 6.51. The van der Waals surface area contributed by atoms with Crippen LogP contribution in [-0.4, -0.2) is 21.6 Å². The van der Waals surface area contributed by atoms with Gasteiger partial charge >= 0.3 is 5.97 Å². The summed E-state index contributed by atoms with van der Waals surface area (Å²) >= 11 is 0. The van der Waals surface area contributed by atoms with Crippen LogP contribution in [0.15, 0.2) is 30.3 Å². The summed E-state index contributed by atoms with van der Waals surface area (Å²) in [5.41, 5.74) is 1.20. The molecule has 1 aromatic carbocycles. The number of pyridine rings is 1. The van der Waals surface area contributed by atoms with E-state index in [1.165, 1.54) is 0 Å². The van der Waals surface area contributed by atoms with E-state index in [2.05, 4.69) is 10.3 Å². The van der Waals surface area contributed by atoms with Crippen molar-refractivity contribution in [1.82, 2.24) is 4.98 Å². The summed E-state index contributed by atoms with van der Waals surface area (Å²) in [5, 5.41) is 13.9. The molecule has 0 amide bonds. The zero-order valence-electron chi connectivity index (χ0n) is 13.2. The zero-order valence-corrected chi connectivity index (χ0v) is 13.2. The fourth-order valence-corrected chi connectivity index (χ4v) is 2.17. The van der Waals surface area contributed by atoms with Crippen molar-refractivity contribution >= 4 is 22.6 Å². The first-order chi connectivity index (χ1) is 9.65. The lowest BCUT2D eigenvalue weighted by atomic mass is 9.74. The molecule has 0 aliphatic heterocycles. The van der Waals surface area contributed by atoms with Crippen LogP contribution in [0, 0.1) is 12.3 Å². The standard InChI is InChI=1S/C17H22N2O2/c1-11-10-14(12-8-6-7-9-13(12)18-11)19-17(4,5)16(2,3)15(20)21/h6-10H,1-5H3,(H,18,19)(H,20,21). The summed E-state index contributed by atoms with van der Waals surface area (Å²) in [5.74, 6) is -0.824. The summed E-state index contributed by atoms with van der Waals surface area (Å²) in [6.45, 7) is 9.22. The number of rotatable bonds is 4. The van der Waals surface area contributed by atoms with E-state index in [9.17, 15) is 9.90 Å². The van der Waals surface area contributed by atoms with Crippen LogP contribution in [0.2, 0.25) is 0 Å². The number of carboxylic acid groups (broad SMARTS) is 1. The molecule has 1 heterocycles. The van der Waals surface area contributed by atoms with Gasteiger partial charge in [-0.15, -0.1) is 0 Å². The minimum Gasteiger partial charge on any atom is -0.481 e.